The van der Waals surface area contributed by atoms with Crippen LogP contribution in [0.4, 0.5) is 10.2 Å². The standard InChI is InChI=1S/C32H37FN6O5/c1-19(2)37-30-29-31(35-17-34-30)39(18-36-29)22(5)44-27(21(4)43-32(42)23-11-8-7-9-12-23)16-38(6)28(41)15-25-24(20(3)40)13-10-14-26(25)33/h7-14,17-18,21-22,27,32,42H,1,15-16H2,2-6H3,(H,34,35,37)/t21?,22?,27?,32-/m1/s1. The maximum atomic E-state index is 14.7. The van der Waals surface area contributed by atoms with Gasteiger partial charge in [-0.3, -0.25) is 14.2 Å². The number of hydrogen-bond donors (Lipinski definition) is 2. The van der Waals surface area contributed by atoms with Crippen LogP contribution in [-0.2, 0) is 20.7 Å². The number of imidazole rings is 1. The Hall–Kier alpha value is -4.52. The van der Waals surface area contributed by atoms with Gasteiger partial charge in [0.1, 0.15) is 24.5 Å². The Bertz CT molecular complexity index is 1630. The molecule has 2 heterocycles. The molecule has 0 radical (unpaired) electrons. The zero-order valence-corrected chi connectivity index (χ0v) is 25.4. The van der Waals surface area contributed by atoms with Crippen LogP contribution in [-0.4, -0.2) is 67.0 Å². The third-order valence-electron chi connectivity index (χ3n) is 7.11. The highest BCUT2D eigenvalue weighted by Crippen LogP contribution is 2.26. The average molecular weight is 605 g/mol. The maximum Gasteiger partial charge on any atom is 0.226 e. The van der Waals surface area contributed by atoms with Gasteiger partial charge in [0, 0.05) is 36.0 Å². The zero-order valence-electron chi connectivity index (χ0n) is 25.4. The average Bonchev–Trinajstić information content (AvgIpc) is 3.43. The Kier molecular flexibility index (Phi) is 10.5. The molecule has 0 saturated carbocycles. The zero-order chi connectivity index (χ0) is 32.0. The summed E-state index contributed by atoms with van der Waals surface area (Å²) in [5.41, 5.74) is 2.46. The van der Waals surface area contributed by atoms with Gasteiger partial charge in [-0.1, -0.05) is 49.0 Å². The number of aliphatic hydroxyl groups excluding tert-OH is 1. The highest BCUT2D eigenvalue weighted by atomic mass is 19.1. The van der Waals surface area contributed by atoms with Gasteiger partial charge < -0.3 is 24.8 Å². The number of halogens is 1. The normalized spacial score (nSPS) is 14.1. The van der Waals surface area contributed by atoms with Gasteiger partial charge in [0.2, 0.25) is 5.91 Å². The van der Waals surface area contributed by atoms with Crippen molar-refractivity contribution in [1.29, 1.82) is 0 Å². The van der Waals surface area contributed by atoms with Gasteiger partial charge in [-0.2, -0.15) is 0 Å². The van der Waals surface area contributed by atoms with Gasteiger partial charge in [0.25, 0.3) is 0 Å². The Morgan fingerprint density at radius 2 is 1.80 bits per heavy atom. The third kappa shape index (κ3) is 7.70. The number of carbonyl (C=O) groups is 2. The fraction of sp³-hybridized carbons (Fsp3) is 0.344. The van der Waals surface area contributed by atoms with Gasteiger partial charge in [-0.25, -0.2) is 19.3 Å². The molecule has 4 rings (SSSR count). The lowest BCUT2D eigenvalue weighted by molar-refractivity contribution is -0.190. The summed E-state index contributed by atoms with van der Waals surface area (Å²) in [5.74, 6) is -0.889. The summed E-state index contributed by atoms with van der Waals surface area (Å²) in [7, 11) is 1.56. The smallest absolute Gasteiger partial charge is 0.226 e. The number of nitrogens with one attached hydrogen (secondary N) is 1. The number of nitrogens with zero attached hydrogens (tertiary/aromatic N) is 5. The van der Waals surface area contributed by atoms with E-state index in [9.17, 15) is 19.1 Å². The fourth-order valence-corrected chi connectivity index (χ4v) is 4.75. The van der Waals surface area contributed by atoms with Crippen LogP contribution in [0.1, 0.15) is 61.7 Å². The summed E-state index contributed by atoms with van der Waals surface area (Å²) >= 11 is 0. The van der Waals surface area contributed by atoms with E-state index in [1.54, 1.807) is 63.0 Å². The van der Waals surface area contributed by atoms with Crippen LogP contribution in [0.15, 0.2) is 73.5 Å². The van der Waals surface area contributed by atoms with Gasteiger partial charge in [0.15, 0.2) is 29.1 Å². The number of ether oxygens (including phenoxy) is 2. The summed E-state index contributed by atoms with van der Waals surface area (Å²) < 4.78 is 28.8. The number of ketones is 1. The Morgan fingerprint density at radius 1 is 1.07 bits per heavy atom. The molecule has 1 amide bonds. The molecule has 0 bridgehead atoms. The number of allylic oxidation sites excluding steroid dienone is 1. The third-order valence-corrected chi connectivity index (χ3v) is 7.11. The minimum atomic E-state index is -1.25. The number of carbonyl (C=O) groups excluding carboxylic acids is 2. The quantitative estimate of drug-likeness (QED) is 0.154. The van der Waals surface area contributed by atoms with E-state index in [4.69, 9.17) is 9.47 Å². The van der Waals surface area contributed by atoms with Crippen LogP contribution < -0.4 is 5.32 Å². The van der Waals surface area contributed by atoms with Crippen molar-refractivity contribution in [2.45, 2.75) is 58.8 Å². The number of likely N-dealkylation sites (N-methyl/N-ethyl adjacent to an activating group) is 1. The molecule has 0 aliphatic heterocycles. The van der Waals surface area contributed by atoms with Crippen molar-refractivity contribution in [2.75, 3.05) is 18.9 Å². The topological polar surface area (TPSA) is 132 Å². The van der Waals surface area contributed by atoms with Crippen LogP contribution in [0, 0.1) is 5.82 Å². The molecule has 4 aromatic rings. The number of hydrogen-bond acceptors (Lipinski definition) is 9. The molecule has 0 aliphatic carbocycles. The summed E-state index contributed by atoms with van der Waals surface area (Å²) in [6.45, 7) is 10.5. The molecule has 0 fully saturated rings. The van der Waals surface area contributed by atoms with E-state index >= 15 is 0 Å². The first-order valence-corrected chi connectivity index (χ1v) is 14.1. The molecular formula is C32H37FN6O5. The van der Waals surface area contributed by atoms with E-state index in [0.29, 0.717) is 28.2 Å². The first-order valence-electron chi connectivity index (χ1n) is 14.1. The fourth-order valence-electron chi connectivity index (χ4n) is 4.75. The highest BCUT2D eigenvalue weighted by molar-refractivity contribution is 5.97. The predicted molar refractivity (Wildman–Crippen MR) is 163 cm³/mol. The molecule has 232 valence electrons. The molecule has 2 N–H and O–H groups in total. The summed E-state index contributed by atoms with van der Waals surface area (Å²) in [6.07, 6.45) is -0.705. The second-order valence-corrected chi connectivity index (χ2v) is 10.6. The van der Waals surface area contributed by atoms with Gasteiger partial charge >= 0.3 is 0 Å². The minimum Gasteiger partial charge on any atom is -0.364 e. The molecule has 12 heteroatoms. The molecule has 3 unspecified atom stereocenters. The lowest BCUT2D eigenvalue weighted by Crippen LogP contribution is -2.43. The predicted octanol–water partition coefficient (Wildman–Crippen LogP) is 4.81. The first kappa shape index (κ1) is 32.4. The SMILES string of the molecule is C=C(C)Nc1ncnc2c1ncn2C(C)OC(CN(C)C(=O)Cc1c(F)cccc1C(C)=O)C(C)O[C@@H](O)c1ccccc1. The summed E-state index contributed by atoms with van der Waals surface area (Å²) in [6, 6.07) is 13.0. The number of rotatable bonds is 14. The largest absolute Gasteiger partial charge is 0.364 e. The van der Waals surface area contributed by atoms with Crippen molar-refractivity contribution in [3.8, 4) is 0 Å². The van der Waals surface area contributed by atoms with Crippen LogP contribution in [0.3, 0.4) is 0 Å². The number of aliphatic hydroxyl groups is 1. The molecule has 4 atom stereocenters. The van der Waals surface area contributed by atoms with E-state index < -0.39 is 36.5 Å². The molecule has 2 aromatic carbocycles. The molecule has 44 heavy (non-hydrogen) atoms. The molecule has 0 saturated heterocycles. The van der Waals surface area contributed by atoms with Crippen molar-refractivity contribution in [3.05, 3.63) is 96.0 Å². The Balaban J connectivity index is 1.57. The second kappa shape index (κ2) is 14.3. The lowest BCUT2D eigenvalue weighted by Gasteiger charge is -2.32. The van der Waals surface area contributed by atoms with E-state index in [1.165, 1.54) is 36.4 Å². The van der Waals surface area contributed by atoms with Crippen molar-refractivity contribution in [3.63, 3.8) is 0 Å². The maximum absolute atomic E-state index is 14.7. The number of Topliss-reactive ketones (excluding diaryl/α,β-unsaturated/α-hetero) is 1. The number of aromatic nitrogens is 4. The molecule has 0 aliphatic rings. The van der Waals surface area contributed by atoms with Crippen LogP contribution >= 0.6 is 0 Å². The van der Waals surface area contributed by atoms with Crippen molar-refractivity contribution < 1.29 is 28.6 Å². The van der Waals surface area contributed by atoms with E-state index in [1.807, 2.05) is 6.07 Å². The van der Waals surface area contributed by atoms with Gasteiger partial charge in [-0.05, 0) is 33.8 Å². The Labute approximate surface area is 255 Å². The number of fused-ring (bicyclic) bond motifs is 1. The lowest BCUT2D eigenvalue weighted by atomic mass is 10.0. The Morgan fingerprint density at radius 3 is 2.48 bits per heavy atom. The van der Waals surface area contributed by atoms with Crippen molar-refractivity contribution in [2.24, 2.45) is 0 Å². The number of benzene rings is 2. The van der Waals surface area contributed by atoms with Crippen molar-refractivity contribution >= 4 is 28.7 Å². The van der Waals surface area contributed by atoms with Gasteiger partial charge in [0.05, 0.1) is 18.9 Å². The number of amides is 1. The number of anilines is 1. The minimum absolute atomic E-state index is 0.0276. The molecule has 0 spiro atoms. The van der Waals surface area contributed by atoms with Crippen LogP contribution in [0.5, 0.6) is 0 Å². The molecular weight excluding hydrogens is 567 g/mol. The summed E-state index contributed by atoms with van der Waals surface area (Å²) in [5, 5.41) is 13.8. The monoisotopic (exact) mass is 604 g/mol. The van der Waals surface area contributed by atoms with E-state index in [-0.39, 0.29) is 29.9 Å². The van der Waals surface area contributed by atoms with E-state index in [0.717, 1.165) is 0 Å². The van der Waals surface area contributed by atoms with Crippen molar-refractivity contribution in [1.82, 2.24) is 24.4 Å². The second-order valence-electron chi connectivity index (χ2n) is 10.6. The van der Waals surface area contributed by atoms with E-state index in [2.05, 4.69) is 26.8 Å². The molecule has 11 nitrogen and oxygen atoms in total. The molecule has 2 aromatic heterocycles. The van der Waals surface area contributed by atoms with Crippen LogP contribution in [0.2, 0.25) is 0 Å². The van der Waals surface area contributed by atoms with Gasteiger partial charge in [-0.15, -0.1) is 0 Å². The van der Waals surface area contributed by atoms with Crippen LogP contribution in [0.25, 0.3) is 11.2 Å². The highest BCUT2D eigenvalue weighted by Gasteiger charge is 2.29. The summed E-state index contributed by atoms with van der Waals surface area (Å²) in [4.78, 5) is 39.9. The first-order chi connectivity index (χ1) is 21.0.